The molecule has 1 fully saturated rings. The summed E-state index contributed by atoms with van der Waals surface area (Å²) >= 11 is 0. The van der Waals surface area contributed by atoms with E-state index in [-0.39, 0.29) is 12.0 Å². The average molecular weight is 379 g/mol. The minimum atomic E-state index is -0.756. The number of benzene rings is 2. The summed E-state index contributed by atoms with van der Waals surface area (Å²) in [4.78, 5) is 20.5. The molecule has 0 aliphatic carbocycles. The zero-order chi connectivity index (χ0) is 19.7. The fourth-order valence-electron chi connectivity index (χ4n) is 3.93. The Morgan fingerprint density at radius 2 is 1.82 bits per heavy atom. The van der Waals surface area contributed by atoms with Crippen LogP contribution in [0.4, 0.5) is 5.69 Å². The molecule has 0 bridgehead atoms. The van der Waals surface area contributed by atoms with Crippen LogP contribution in [0.5, 0.6) is 11.5 Å². The lowest BCUT2D eigenvalue weighted by atomic mass is 9.97. The maximum Gasteiger partial charge on any atom is 0.304 e. The molecular formula is C22H25N3O3. The Morgan fingerprint density at radius 3 is 2.57 bits per heavy atom. The predicted octanol–water partition coefficient (Wildman–Crippen LogP) is 3.74. The highest BCUT2D eigenvalue weighted by Gasteiger charge is 2.36. The molecule has 0 aromatic heterocycles. The number of rotatable bonds is 3. The molecule has 2 heterocycles. The van der Waals surface area contributed by atoms with Crippen LogP contribution in [0.1, 0.15) is 25.8 Å². The van der Waals surface area contributed by atoms with E-state index in [1.807, 2.05) is 48.5 Å². The van der Waals surface area contributed by atoms with Gasteiger partial charge in [0.15, 0.2) is 5.75 Å². The van der Waals surface area contributed by atoms with Gasteiger partial charge in [0, 0.05) is 31.7 Å². The standard InChI is InChI=1S/C22H25N3O3/c1-22(2)15-24(13-14-25(22)12-11-20(26)27)21-16-7-3-5-9-18(16)28-19-10-6-4-8-17(19)23-21/h3-10H,11-15H2,1-2H3,(H,26,27). The summed E-state index contributed by atoms with van der Waals surface area (Å²) in [6.45, 7) is 7.23. The lowest BCUT2D eigenvalue weighted by Gasteiger charge is -2.48. The van der Waals surface area contributed by atoms with Gasteiger partial charge in [-0.1, -0.05) is 24.3 Å². The van der Waals surface area contributed by atoms with Gasteiger partial charge >= 0.3 is 5.97 Å². The van der Waals surface area contributed by atoms with Crippen LogP contribution < -0.4 is 4.74 Å². The van der Waals surface area contributed by atoms with E-state index in [0.717, 1.165) is 48.2 Å². The Morgan fingerprint density at radius 1 is 1.11 bits per heavy atom. The largest absolute Gasteiger partial charge is 0.481 e. The van der Waals surface area contributed by atoms with Gasteiger partial charge in [0.25, 0.3) is 0 Å². The molecule has 2 aliphatic heterocycles. The quantitative estimate of drug-likeness (QED) is 0.880. The van der Waals surface area contributed by atoms with Crippen LogP contribution in [0.15, 0.2) is 53.5 Å². The minimum absolute atomic E-state index is 0.155. The second kappa shape index (κ2) is 7.28. The number of ether oxygens (including phenoxy) is 1. The molecular weight excluding hydrogens is 354 g/mol. The summed E-state index contributed by atoms with van der Waals surface area (Å²) in [6.07, 6.45) is 0.161. The number of para-hydroxylation sites is 3. The Kier molecular flexibility index (Phi) is 4.81. The fraction of sp³-hybridized carbons (Fsp3) is 0.364. The van der Waals surface area contributed by atoms with Crippen LogP contribution in [-0.2, 0) is 4.79 Å². The highest BCUT2D eigenvalue weighted by molar-refractivity contribution is 6.03. The van der Waals surface area contributed by atoms with Gasteiger partial charge in [0.05, 0.1) is 12.0 Å². The molecule has 4 rings (SSSR count). The van der Waals surface area contributed by atoms with E-state index in [0.29, 0.717) is 6.54 Å². The first kappa shape index (κ1) is 18.5. The maximum atomic E-state index is 11.0. The highest BCUT2D eigenvalue weighted by Crippen LogP contribution is 2.38. The number of carboxylic acid groups (broad SMARTS) is 1. The number of aliphatic carboxylic acids is 1. The summed E-state index contributed by atoms with van der Waals surface area (Å²) in [7, 11) is 0. The average Bonchev–Trinajstić information content (AvgIpc) is 2.83. The fourth-order valence-corrected chi connectivity index (χ4v) is 3.93. The number of piperazine rings is 1. The summed E-state index contributed by atoms with van der Waals surface area (Å²) in [5.74, 6) is 1.71. The molecule has 2 aromatic carbocycles. The van der Waals surface area contributed by atoms with Crippen LogP contribution in [0.3, 0.4) is 0 Å². The highest BCUT2D eigenvalue weighted by atomic mass is 16.5. The first-order chi connectivity index (χ1) is 13.4. The zero-order valence-electron chi connectivity index (χ0n) is 16.3. The molecule has 0 atom stereocenters. The van der Waals surface area contributed by atoms with Crippen molar-refractivity contribution in [3.8, 4) is 11.5 Å². The number of carboxylic acids is 1. The van der Waals surface area contributed by atoms with Crippen LogP contribution in [0.25, 0.3) is 0 Å². The van der Waals surface area contributed by atoms with Crippen molar-refractivity contribution in [3.05, 3.63) is 54.1 Å². The molecule has 1 N–H and O–H groups in total. The van der Waals surface area contributed by atoms with Crippen molar-refractivity contribution in [3.63, 3.8) is 0 Å². The Hall–Kier alpha value is -2.86. The van der Waals surface area contributed by atoms with E-state index in [1.54, 1.807) is 0 Å². The molecule has 146 valence electrons. The molecule has 0 saturated carbocycles. The Balaban J connectivity index is 1.67. The first-order valence-corrected chi connectivity index (χ1v) is 9.61. The monoisotopic (exact) mass is 379 g/mol. The van der Waals surface area contributed by atoms with E-state index in [2.05, 4.69) is 23.6 Å². The molecule has 6 nitrogen and oxygen atoms in total. The first-order valence-electron chi connectivity index (χ1n) is 9.61. The summed E-state index contributed by atoms with van der Waals surface area (Å²) in [5, 5.41) is 9.03. The molecule has 0 unspecified atom stereocenters. The lowest BCUT2D eigenvalue weighted by Crippen LogP contribution is -2.60. The third-order valence-corrected chi connectivity index (χ3v) is 5.41. The van der Waals surface area contributed by atoms with E-state index >= 15 is 0 Å². The van der Waals surface area contributed by atoms with Gasteiger partial charge in [-0.25, -0.2) is 4.99 Å². The van der Waals surface area contributed by atoms with E-state index in [9.17, 15) is 4.79 Å². The zero-order valence-corrected chi connectivity index (χ0v) is 16.3. The number of fused-ring (bicyclic) bond motifs is 2. The van der Waals surface area contributed by atoms with Crippen LogP contribution >= 0.6 is 0 Å². The number of hydrogen-bond donors (Lipinski definition) is 1. The van der Waals surface area contributed by atoms with Crippen LogP contribution in [-0.4, -0.2) is 58.4 Å². The topological polar surface area (TPSA) is 65.4 Å². The van der Waals surface area contributed by atoms with Crippen LogP contribution in [0.2, 0.25) is 0 Å². The number of nitrogens with zero attached hydrogens (tertiary/aromatic N) is 3. The van der Waals surface area contributed by atoms with Crippen molar-refractivity contribution in [2.45, 2.75) is 25.8 Å². The number of hydrogen-bond acceptors (Lipinski definition) is 5. The molecule has 0 radical (unpaired) electrons. The number of aliphatic imine (C=N–C) groups is 1. The molecule has 0 spiro atoms. The molecule has 0 amide bonds. The molecule has 28 heavy (non-hydrogen) atoms. The van der Waals surface area contributed by atoms with Gasteiger partial charge in [0.1, 0.15) is 17.3 Å². The van der Waals surface area contributed by atoms with Gasteiger partial charge in [-0.3, -0.25) is 9.69 Å². The smallest absolute Gasteiger partial charge is 0.304 e. The van der Waals surface area contributed by atoms with E-state index in [1.165, 1.54) is 0 Å². The Labute approximate surface area is 165 Å². The SMILES string of the molecule is CC1(C)CN(C2=Nc3ccccc3Oc3ccccc32)CCN1CCC(=O)O. The van der Waals surface area contributed by atoms with Crippen LogP contribution in [0, 0.1) is 0 Å². The molecule has 1 saturated heterocycles. The van der Waals surface area contributed by atoms with Crippen molar-refractivity contribution < 1.29 is 14.6 Å². The van der Waals surface area contributed by atoms with Crippen molar-refractivity contribution in [1.82, 2.24) is 9.80 Å². The normalized spacial score (nSPS) is 18.4. The van der Waals surface area contributed by atoms with Crippen molar-refractivity contribution in [1.29, 1.82) is 0 Å². The number of amidine groups is 1. The van der Waals surface area contributed by atoms with Crippen molar-refractivity contribution in [2.24, 2.45) is 4.99 Å². The van der Waals surface area contributed by atoms with E-state index < -0.39 is 5.97 Å². The second-order valence-corrected chi connectivity index (χ2v) is 7.87. The Bertz CT molecular complexity index is 923. The van der Waals surface area contributed by atoms with Gasteiger partial charge in [-0.05, 0) is 38.1 Å². The molecule has 2 aliphatic rings. The second-order valence-electron chi connectivity index (χ2n) is 7.87. The van der Waals surface area contributed by atoms with E-state index in [4.69, 9.17) is 14.8 Å². The van der Waals surface area contributed by atoms with Gasteiger partial charge in [0.2, 0.25) is 0 Å². The van der Waals surface area contributed by atoms with Crippen molar-refractivity contribution in [2.75, 3.05) is 26.2 Å². The lowest BCUT2D eigenvalue weighted by molar-refractivity contribution is -0.137. The third kappa shape index (κ3) is 3.60. The van der Waals surface area contributed by atoms with Gasteiger partial charge in [-0.15, -0.1) is 0 Å². The minimum Gasteiger partial charge on any atom is -0.481 e. The van der Waals surface area contributed by atoms with Gasteiger partial charge < -0.3 is 14.7 Å². The summed E-state index contributed by atoms with van der Waals surface area (Å²) < 4.78 is 6.14. The maximum absolute atomic E-state index is 11.0. The predicted molar refractivity (Wildman–Crippen MR) is 109 cm³/mol. The molecule has 2 aromatic rings. The van der Waals surface area contributed by atoms with Crippen molar-refractivity contribution >= 4 is 17.5 Å². The summed E-state index contributed by atoms with van der Waals surface area (Å²) in [6, 6.07) is 15.8. The summed E-state index contributed by atoms with van der Waals surface area (Å²) in [5.41, 5.74) is 1.64. The molecule has 6 heteroatoms. The number of carbonyl (C=O) groups is 1. The van der Waals surface area contributed by atoms with Gasteiger partial charge in [-0.2, -0.15) is 0 Å². The third-order valence-electron chi connectivity index (χ3n) is 5.41.